The second kappa shape index (κ2) is 14.4. The van der Waals surface area contributed by atoms with Gasteiger partial charge in [-0.3, -0.25) is 9.59 Å². The third-order valence-corrected chi connectivity index (χ3v) is 18.6. The summed E-state index contributed by atoms with van der Waals surface area (Å²) in [5, 5.41) is 39.8. The van der Waals surface area contributed by atoms with E-state index in [4.69, 9.17) is 9.47 Å². The number of allylic oxidation sites excluding steroid dienone is 6. The lowest BCUT2D eigenvalue weighted by atomic mass is 9.76. The van der Waals surface area contributed by atoms with Crippen molar-refractivity contribution in [2.24, 2.45) is 0 Å². The first-order valence-corrected chi connectivity index (χ1v) is 24.6. The summed E-state index contributed by atoms with van der Waals surface area (Å²) in [5.41, 5.74) is 4.89. The predicted octanol–water partition coefficient (Wildman–Crippen LogP) is 13.7. The number of hydrogen-bond donors (Lipinski definition) is 0. The molecule has 0 N–H and O–H groups in total. The van der Waals surface area contributed by atoms with Gasteiger partial charge in [0.25, 0.3) is 0 Å². The molecule has 0 unspecified atom stereocenters. The van der Waals surface area contributed by atoms with Crippen LogP contribution in [0.4, 0.5) is 0 Å². The molecule has 0 amide bonds. The minimum absolute atomic E-state index is 0.0864. The van der Waals surface area contributed by atoms with Crippen molar-refractivity contribution >= 4 is 89.6 Å². The molecule has 308 valence electrons. The van der Waals surface area contributed by atoms with E-state index >= 15 is 0 Å². The second-order valence-corrected chi connectivity index (χ2v) is 21.3. The minimum Gasteiger partial charge on any atom is -0.481 e. The second-order valence-electron chi connectivity index (χ2n) is 17.1. The molecule has 12 rings (SSSR count). The van der Waals surface area contributed by atoms with Crippen LogP contribution in [0.3, 0.4) is 0 Å². The van der Waals surface area contributed by atoms with E-state index in [0.29, 0.717) is 44.5 Å². The molecular formula is C52H32N4O4S4. The van der Waals surface area contributed by atoms with E-state index in [2.05, 4.69) is 0 Å². The summed E-state index contributed by atoms with van der Waals surface area (Å²) in [4.78, 5) is 33.9. The van der Waals surface area contributed by atoms with Gasteiger partial charge in [0.15, 0.2) is 11.6 Å². The van der Waals surface area contributed by atoms with Crippen molar-refractivity contribution in [1.29, 1.82) is 21.0 Å². The van der Waals surface area contributed by atoms with Crippen molar-refractivity contribution in [3.05, 3.63) is 126 Å². The summed E-state index contributed by atoms with van der Waals surface area (Å²) in [7, 11) is 0. The Hall–Kier alpha value is -6.64. The van der Waals surface area contributed by atoms with Crippen molar-refractivity contribution in [3.8, 4) is 55.3 Å². The molecule has 2 aliphatic heterocycles. The number of thiophene rings is 4. The fourth-order valence-electron chi connectivity index (χ4n) is 10.9. The van der Waals surface area contributed by atoms with Crippen LogP contribution in [0.1, 0.15) is 117 Å². The number of ether oxygens (including phenoxy) is 2. The number of nitrogens with zero attached hydrogens (tertiary/aromatic N) is 4. The zero-order valence-electron chi connectivity index (χ0n) is 34.1. The maximum absolute atomic E-state index is 13.9. The average molecular weight is 905 g/mol. The number of benzene rings is 2. The van der Waals surface area contributed by atoms with Crippen LogP contribution in [0.25, 0.3) is 52.2 Å². The Kier molecular flexibility index (Phi) is 8.80. The Morgan fingerprint density at radius 2 is 0.891 bits per heavy atom. The molecule has 6 heterocycles. The Balaban J connectivity index is 1.03. The Morgan fingerprint density at radius 3 is 1.27 bits per heavy atom. The molecule has 4 aromatic heterocycles. The van der Waals surface area contributed by atoms with Gasteiger partial charge in [-0.15, -0.1) is 45.3 Å². The van der Waals surface area contributed by atoms with Crippen LogP contribution >= 0.6 is 45.3 Å². The normalized spacial score (nSPS) is 19.4. The first kappa shape index (κ1) is 39.0. The van der Waals surface area contributed by atoms with Gasteiger partial charge in [-0.2, -0.15) is 21.0 Å². The summed E-state index contributed by atoms with van der Waals surface area (Å²) >= 11 is 6.81. The van der Waals surface area contributed by atoms with Gasteiger partial charge in [0.05, 0.1) is 28.9 Å². The van der Waals surface area contributed by atoms with Gasteiger partial charge in [-0.05, 0) is 86.8 Å². The van der Waals surface area contributed by atoms with Crippen LogP contribution < -0.4 is 9.47 Å². The lowest BCUT2D eigenvalue weighted by Crippen LogP contribution is -2.37. The number of fused-ring (bicyclic) bond motifs is 13. The van der Waals surface area contributed by atoms with E-state index in [1.165, 1.54) is 30.3 Å². The van der Waals surface area contributed by atoms with E-state index in [-0.39, 0.29) is 22.7 Å². The lowest BCUT2D eigenvalue weighted by molar-refractivity contribution is 0.0257. The summed E-state index contributed by atoms with van der Waals surface area (Å²) in [6, 6.07) is 26.5. The van der Waals surface area contributed by atoms with Crippen LogP contribution in [0.2, 0.25) is 0 Å². The van der Waals surface area contributed by atoms with Crippen molar-refractivity contribution in [3.63, 3.8) is 0 Å². The highest BCUT2D eigenvalue weighted by atomic mass is 32.1. The fraction of sp³-hybridized carbons (Fsp3) is 0.231. The fourth-order valence-corrected chi connectivity index (χ4v) is 16.5. The van der Waals surface area contributed by atoms with E-state index in [1.54, 1.807) is 59.1 Å². The van der Waals surface area contributed by atoms with E-state index in [9.17, 15) is 30.6 Å². The molecule has 12 heteroatoms. The van der Waals surface area contributed by atoms with Crippen LogP contribution in [0.5, 0.6) is 11.5 Å². The van der Waals surface area contributed by atoms with Crippen molar-refractivity contribution in [2.45, 2.75) is 75.4 Å². The van der Waals surface area contributed by atoms with Gasteiger partial charge in [-0.25, -0.2) is 0 Å². The molecule has 0 radical (unpaired) electrons. The quantitative estimate of drug-likeness (QED) is 0.123. The summed E-state index contributed by atoms with van der Waals surface area (Å²) in [6.07, 6.45) is 13.7. The first-order chi connectivity index (χ1) is 31.3. The monoisotopic (exact) mass is 904 g/mol. The first-order valence-electron chi connectivity index (χ1n) is 21.4. The molecular weight excluding hydrogens is 873 g/mol. The molecule has 8 nitrogen and oxygen atoms in total. The molecule has 4 aliphatic carbocycles. The predicted molar refractivity (Wildman–Crippen MR) is 251 cm³/mol. The van der Waals surface area contributed by atoms with Gasteiger partial charge in [0.1, 0.15) is 58.1 Å². The molecule has 6 aliphatic rings. The van der Waals surface area contributed by atoms with E-state index < -0.39 is 11.2 Å². The standard InChI is InChI=1S/C52H32N4O4S4/c53-23-27(24-54)39-31-11-3-5-13-33(31)43(57)35(39)19-29-21-37-45(61-29)47-41(51(59-37)15-7-1-8-16-51)49-50(63-47)42-48(64-49)46-38(60-52(42)17-9-2-10-18-52)22-30(62-46)20-36-40(28(25-55)26-56)32-12-4-6-14-34(32)44(36)58/h3-6,11-14,19-22H,1-2,7-10,15-18H2/b35-19-,36-20-. The molecule has 2 aromatic carbocycles. The zero-order chi connectivity index (χ0) is 43.5. The molecule has 64 heavy (non-hydrogen) atoms. The highest BCUT2D eigenvalue weighted by Crippen LogP contribution is 2.66. The van der Waals surface area contributed by atoms with E-state index in [0.717, 1.165) is 95.2 Å². The summed E-state index contributed by atoms with van der Waals surface area (Å²) < 4.78 is 17.0. The van der Waals surface area contributed by atoms with Gasteiger partial charge in [0, 0.05) is 54.3 Å². The van der Waals surface area contributed by atoms with Crippen LogP contribution in [0, 0.1) is 45.3 Å². The van der Waals surface area contributed by atoms with Crippen molar-refractivity contribution in [2.75, 3.05) is 0 Å². The topological polar surface area (TPSA) is 148 Å². The van der Waals surface area contributed by atoms with Gasteiger partial charge in [-0.1, -0.05) is 61.4 Å². The SMILES string of the molecule is N#CC(C#N)=C1/C(=C/c2cc3c(s2)-c2sc4c5c(sc4c2C2(CCCCC2)O3)-c2sc(/C=C3\C(=O)c4ccccc4C3=C(C#N)C#N)cc2OC52CCCCC2)C(=O)c2ccccc21. The molecule has 6 aromatic rings. The Bertz CT molecular complexity index is 3190. The minimum atomic E-state index is -0.523. The number of rotatable bonds is 2. The molecule has 2 spiro atoms. The number of ketones is 2. The maximum Gasteiger partial charge on any atom is 0.194 e. The number of carbonyl (C=O) groups is 2. The largest absolute Gasteiger partial charge is 0.481 e. The van der Waals surface area contributed by atoms with Crippen LogP contribution in [0.15, 0.2) is 83.0 Å². The third-order valence-electron chi connectivity index (χ3n) is 13.6. The Labute approximate surface area is 384 Å². The van der Waals surface area contributed by atoms with Crippen molar-refractivity contribution in [1.82, 2.24) is 0 Å². The number of carbonyl (C=O) groups excluding carboxylic acids is 2. The lowest BCUT2D eigenvalue weighted by Gasteiger charge is -2.41. The number of hydrogen-bond acceptors (Lipinski definition) is 12. The van der Waals surface area contributed by atoms with Gasteiger partial charge in [0.2, 0.25) is 0 Å². The van der Waals surface area contributed by atoms with Crippen LogP contribution in [-0.2, 0) is 11.2 Å². The molecule has 2 fully saturated rings. The van der Waals surface area contributed by atoms with Gasteiger partial charge < -0.3 is 9.47 Å². The van der Waals surface area contributed by atoms with Gasteiger partial charge >= 0.3 is 0 Å². The summed E-state index contributed by atoms with van der Waals surface area (Å²) in [6.45, 7) is 0. The molecule has 0 bridgehead atoms. The summed E-state index contributed by atoms with van der Waals surface area (Å²) in [5.74, 6) is 1.20. The Morgan fingerprint density at radius 1 is 0.516 bits per heavy atom. The zero-order valence-corrected chi connectivity index (χ0v) is 37.3. The smallest absolute Gasteiger partial charge is 0.194 e. The highest BCUT2D eigenvalue weighted by Gasteiger charge is 2.51. The number of Topliss-reactive ketones (excluding diaryl/α,β-unsaturated/α-hetero) is 2. The van der Waals surface area contributed by atoms with Crippen LogP contribution in [-0.4, -0.2) is 11.6 Å². The maximum atomic E-state index is 13.9. The van der Waals surface area contributed by atoms with E-state index in [1.807, 2.05) is 83.4 Å². The van der Waals surface area contributed by atoms with Crippen molar-refractivity contribution < 1.29 is 19.1 Å². The average Bonchev–Trinajstić information content (AvgIpc) is 4.17. The molecule has 0 saturated heterocycles. The third kappa shape index (κ3) is 5.44. The highest BCUT2D eigenvalue weighted by molar-refractivity contribution is 7.34. The molecule has 2 saturated carbocycles. The number of nitriles is 4. The molecule has 0 atom stereocenters.